The second-order valence-corrected chi connectivity index (χ2v) is 5.71. The average molecular weight is 253 g/mol. The van der Waals surface area contributed by atoms with Gasteiger partial charge in [0.05, 0.1) is 5.69 Å². The Bertz CT molecular complexity index is 605. The van der Waals surface area contributed by atoms with Crippen molar-refractivity contribution in [2.75, 3.05) is 0 Å². The van der Waals surface area contributed by atoms with E-state index < -0.39 is 0 Å². The highest BCUT2D eigenvalue weighted by Crippen LogP contribution is 2.40. The molecule has 0 amide bonds. The van der Waals surface area contributed by atoms with E-state index in [1.165, 1.54) is 15.4 Å². The van der Waals surface area contributed by atoms with E-state index in [4.69, 9.17) is 4.99 Å². The zero-order valence-electron chi connectivity index (χ0n) is 10.6. The second kappa shape index (κ2) is 4.62. The minimum absolute atomic E-state index is 0.487. The summed E-state index contributed by atoms with van der Waals surface area (Å²) >= 11 is 1.81. The first-order chi connectivity index (χ1) is 8.74. The van der Waals surface area contributed by atoms with Crippen molar-refractivity contribution in [1.82, 2.24) is 0 Å². The van der Waals surface area contributed by atoms with E-state index in [9.17, 15) is 0 Å². The van der Waals surface area contributed by atoms with Gasteiger partial charge >= 0.3 is 0 Å². The number of fused-ring (bicyclic) bond motifs is 1. The fraction of sp³-hybridized carbons (Fsp3) is 0.188. The van der Waals surface area contributed by atoms with Crippen molar-refractivity contribution in [3.8, 4) is 0 Å². The van der Waals surface area contributed by atoms with Crippen LogP contribution in [0.3, 0.4) is 0 Å². The number of rotatable bonds is 0. The third-order valence-electron chi connectivity index (χ3n) is 3.15. The van der Waals surface area contributed by atoms with E-state index in [0.29, 0.717) is 5.92 Å². The molecule has 1 aliphatic heterocycles. The Morgan fingerprint density at radius 2 is 1.89 bits per heavy atom. The van der Waals surface area contributed by atoms with Crippen molar-refractivity contribution in [2.24, 2.45) is 10.9 Å². The van der Waals surface area contributed by atoms with Crippen molar-refractivity contribution in [3.05, 3.63) is 59.0 Å². The first-order valence-electron chi connectivity index (χ1n) is 6.17. The lowest BCUT2D eigenvalue weighted by atomic mass is 10.1. The van der Waals surface area contributed by atoms with Gasteiger partial charge in [0.25, 0.3) is 0 Å². The molecule has 0 aromatic heterocycles. The fourth-order valence-electron chi connectivity index (χ4n) is 2.11. The molecule has 1 atom stereocenters. The molecule has 0 saturated heterocycles. The maximum absolute atomic E-state index is 4.74. The SMILES string of the molecule is CC1=Nc2ccccc2SC2=C1C=CC(C)C=C2. The fourth-order valence-corrected chi connectivity index (χ4v) is 3.18. The van der Waals surface area contributed by atoms with Crippen molar-refractivity contribution in [1.29, 1.82) is 0 Å². The molecular weight excluding hydrogens is 238 g/mol. The topological polar surface area (TPSA) is 12.4 Å². The summed E-state index contributed by atoms with van der Waals surface area (Å²) in [7, 11) is 0. The molecule has 0 fully saturated rings. The molecule has 90 valence electrons. The van der Waals surface area contributed by atoms with Crippen LogP contribution in [0.25, 0.3) is 0 Å². The van der Waals surface area contributed by atoms with E-state index in [1.54, 1.807) is 0 Å². The second-order valence-electron chi connectivity index (χ2n) is 4.62. The first-order valence-corrected chi connectivity index (χ1v) is 6.99. The van der Waals surface area contributed by atoms with Crippen LogP contribution in [-0.2, 0) is 0 Å². The summed E-state index contributed by atoms with van der Waals surface area (Å²) < 4.78 is 0. The maximum Gasteiger partial charge on any atom is 0.0772 e. The summed E-state index contributed by atoms with van der Waals surface area (Å²) in [4.78, 5) is 7.27. The van der Waals surface area contributed by atoms with Crippen LogP contribution >= 0.6 is 11.8 Å². The predicted molar refractivity (Wildman–Crippen MR) is 79.5 cm³/mol. The lowest BCUT2D eigenvalue weighted by molar-refractivity contribution is 0.942. The summed E-state index contributed by atoms with van der Waals surface area (Å²) in [6.45, 7) is 4.29. The Morgan fingerprint density at radius 1 is 1.11 bits per heavy atom. The van der Waals surface area contributed by atoms with Gasteiger partial charge in [0.2, 0.25) is 0 Å². The average Bonchev–Trinajstić information content (AvgIpc) is 2.61. The van der Waals surface area contributed by atoms with Gasteiger partial charge in [-0.15, -0.1) is 0 Å². The molecule has 0 bridgehead atoms. The highest BCUT2D eigenvalue weighted by Gasteiger charge is 2.15. The molecular formula is C16H15NS. The van der Waals surface area contributed by atoms with E-state index in [1.807, 2.05) is 17.8 Å². The summed E-state index contributed by atoms with van der Waals surface area (Å²) in [5, 5.41) is 0. The minimum atomic E-state index is 0.487. The number of hydrogen-bond donors (Lipinski definition) is 0. The Balaban J connectivity index is 2.15. The lowest BCUT2D eigenvalue weighted by Crippen LogP contribution is -1.95. The van der Waals surface area contributed by atoms with Gasteiger partial charge in [-0.2, -0.15) is 0 Å². The number of hydrogen-bond acceptors (Lipinski definition) is 2. The van der Waals surface area contributed by atoms with Crippen molar-refractivity contribution >= 4 is 23.2 Å². The van der Waals surface area contributed by atoms with E-state index >= 15 is 0 Å². The number of aliphatic imine (C=N–C) groups is 1. The molecule has 18 heavy (non-hydrogen) atoms. The molecule has 1 unspecified atom stereocenters. The Labute approximate surface area is 112 Å². The number of thioether (sulfide) groups is 1. The molecule has 1 heterocycles. The van der Waals surface area contributed by atoms with Gasteiger partial charge in [0.1, 0.15) is 0 Å². The summed E-state index contributed by atoms with van der Waals surface area (Å²) in [5.74, 6) is 0.487. The zero-order chi connectivity index (χ0) is 12.5. The number of allylic oxidation sites excluding steroid dienone is 5. The smallest absolute Gasteiger partial charge is 0.0772 e. The zero-order valence-corrected chi connectivity index (χ0v) is 11.4. The standard InChI is InChI=1S/C16H15NS/c1-11-7-9-13-12(2)17-14-5-3-4-6-16(14)18-15(13)10-8-11/h3-11H,1-2H3. The largest absolute Gasteiger partial charge is 0.252 e. The summed E-state index contributed by atoms with van der Waals surface area (Å²) in [5.41, 5.74) is 3.41. The van der Waals surface area contributed by atoms with Crippen LogP contribution in [0, 0.1) is 5.92 Å². The van der Waals surface area contributed by atoms with Gasteiger partial charge in [-0.3, -0.25) is 4.99 Å². The van der Waals surface area contributed by atoms with Crippen LogP contribution in [0.5, 0.6) is 0 Å². The molecule has 3 rings (SSSR count). The molecule has 1 aromatic rings. The molecule has 0 N–H and O–H groups in total. The molecule has 1 nitrogen and oxygen atoms in total. The van der Waals surface area contributed by atoms with Gasteiger partial charge < -0.3 is 0 Å². The number of para-hydroxylation sites is 1. The van der Waals surface area contributed by atoms with Gasteiger partial charge in [-0.25, -0.2) is 0 Å². The van der Waals surface area contributed by atoms with Crippen molar-refractivity contribution < 1.29 is 0 Å². The Morgan fingerprint density at radius 3 is 2.78 bits per heavy atom. The molecule has 0 saturated carbocycles. The van der Waals surface area contributed by atoms with Gasteiger partial charge in [0, 0.05) is 21.1 Å². The minimum Gasteiger partial charge on any atom is -0.252 e. The third kappa shape index (κ3) is 2.08. The van der Waals surface area contributed by atoms with Gasteiger partial charge in [0.15, 0.2) is 0 Å². The maximum atomic E-state index is 4.74. The molecule has 2 aliphatic rings. The molecule has 1 aliphatic carbocycles. The normalized spacial score (nSPS) is 21.9. The predicted octanol–water partition coefficient (Wildman–Crippen LogP) is 4.90. The van der Waals surface area contributed by atoms with Gasteiger partial charge in [-0.1, -0.05) is 55.1 Å². The number of benzene rings is 1. The van der Waals surface area contributed by atoms with Crippen LogP contribution in [0.4, 0.5) is 5.69 Å². The highest BCUT2D eigenvalue weighted by molar-refractivity contribution is 8.03. The van der Waals surface area contributed by atoms with Crippen LogP contribution in [0.15, 0.2) is 68.9 Å². The monoisotopic (exact) mass is 253 g/mol. The Hall–Kier alpha value is -1.54. The van der Waals surface area contributed by atoms with Crippen LogP contribution in [-0.4, -0.2) is 5.71 Å². The quantitative estimate of drug-likeness (QED) is 0.640. The van der Waals surface area contributed by atoms with E-state index in [2.05, 4.69) is 56.4 Å². The Kier molecular flexibility index (Phi) is 2.96. The molecule has 2 heteroatoms. The van der Waals surface area contributed by atoms with Crippen LogP contribution in [0.1, 0.15) is 13.8 Å². The van der Waals surface area contributed by atoms with Crippen LogP contribution in [0.2, 0.25) is 0 Å². The van der Waals surface area contributed by atoms with E-state index in [0.717, 1.165) is 11.4 Å². The summed E-state index contributed by atoms with van der Waals surface area (Å²) in [6.07, 6.45) is 8.91. The highest BCUT2D eigenvalue weighted by atomic mass is 32.2. The molecule has 0 spiro atoms. The summed E-state index contributed by atoms with van der Waals surface area (Å²) in [6, 6.07) is 8.33. The van der Waals surface area contributed by atoms with Crippen molar-refractivity contribution in [3.63, 3.8) is 0 Å². The third-order valence-corrected chi connectivity index (χ3v) is 4.29. The van der Waals surface area contributed by atoms with E-state index in [-0.39, 0.29) is 0 Å². The van der Waals surface area contributed by atoms with Crippen LogP contribution < -0.4 is 0 Å². The lowest BCUT2D eigenvalue weighted by Gasteiger charge is -2.04. The molecule has 0 radical (unpaired) electrons. The van der Waals surface area contributed by atoms with Crippen molar-refractivity contribution in [2.45, 2.75) is 18.7 Å². The van der Waals surface area contributed by atoms with Gasteiger partial charge in [-0.05, 0) is 25.0 Å². The first kappa shape index (κ1) is 11.5. The number of nitrogens with zero attached hydrogens (tertiary/aromatic N) is 1. The molecule has 1 aromatic carbocycles.